The maximum atomic E-state index is 10.8. The van der Waals surface area contributed by atoms with Crippen molar-refractivity contribution in [3.63, 3.8) is 0 Å². The Bertz CT molecular complexity index is 487. The van der Waals surface area contributed by atoms with E-state index < -0.39 is 14.0 Å². The second-order valence-electron chi connectivity index (χ2n) is 2.31. The van der Waals surface area contributed by atoms with Crippen molar-refractivity contribution in [2.75, 3.05) is 0 Å². The lowest BCUT2D eigenvalue weighted by Gasteiger charge is -1.97. The lowest BCUT2D eigenvalue weighted by atomic mass is 10.3. The summed E-state index contributed by atoms with van der Waals surface area (Å²) in [6.45, 7) is 0. The van der Waals surface area contributed by atoms with Crippen molar-refractivity contribution in [3.8, 4) is 0 Å². The topological polar surface area (TPSA) is 77.3 Å². The summed E-state index contributed by atoms with van der Waals surface area (Å²) in [4.78, 5) is 9.44. The van der Waals surface area contributed by atoms with E-state index in [0.717, 1.165) is 6.07 Å². The molecule has 0 atom stereocenters. The Kier molecular flexibility index (Phi) is 3.13. The van der Waals surface area contributed by atoms with E-state index in [2.05, 4.69) is 15.9 Å². The first-order valence-electron chi connectivity index (χ1n) is 3.21. The van der Waals surface area contributed by atoms with Crippen molar-refractivity contribution in [2.24, 2.45) is 0 Å². The van der Waals surface area contributed by atoms with Crippen molar-refractivity contribution in [1.29, 1.82) is 0 Å². The normalized spacial score (nSPS) is 11.3. The van der Waals surface area contributed by atoms with Crippen LogP contribution in [0, 0.1) is 10.1 Å². The third-order valence-electron chi connectivity index (χ3n) is 1.40. The first-order valence-corrected chi connectivity index (χ1v) is 6.31. The van der Waals surface area contributed by atoms with Crippen LogP contribution in [0.1, 0.15) is 0 Å². The molecule has 0 bridgehead atoms. The molecule has 8 heteroatoms. The van der Waals surface area contributed by atoms with Crippen LogP contribution >= 0.6 is 26.6 Å². The zero-order valence-corrected chi connectivity index (χ0v) is 9.63. The first kappa shape index (κ1) is 11.4. The number of nitro groups is 1. The van der Waals surface area contributed by atoms with Gasteiger partial charge in [-0.3, -0.25) is 10.1 Å². The molecule has 0 N–H and O–H groups in total. The molecule has 0 amide bonds. The summed E-state index contributed by atoms with van der Waals surface area (Å²) < 4.78 is 21.9. The summed E-state index contributed by atoms with van der Waals surface area (Å²) >= 11 is 2.92. The molecular weight excluding hydrogens is 297 g/mol. The van der Waals surface area contributed by atoms with Gasteiger partial charge >= 0.3 is 0 Å². The number of benzene rings is 1. The van der Waals surface area contributed by atoms with Gasteiger partial charge in [0.1, 0.15) is 0 Å². The molecule has 0 unspecified atom stereocenters. The number of nitro benzene ring substituents is 1. The van der Waals surface area contributed by atoms with Crippen LogP contribution in [-0.2, 0) is 9.05 Å². The van der Waals surface area contributed by atoms with Gasteiger partial charge in [-0.2, -0.15) is 0 Å². The fraction of sp³-hybridized carbons (Fsp3) is 0. The quantitative estimate of drug-likeness (QED) is 0.477. The highest BCUT2D eigenvalue weighted by Crippen LogP contribution is 2.28. The zero-order valence-electron chi connectivity index (χ0n) is 6.48. The van der Waals surface area contributed by atoms with E-state index in [1.54, 1.807) is 0 Å². The van der Waals surface area contributed by atoms with E-state index in [9.17, 15) is 18.5 Å². The summed E-state index contributed by atoms with van der Waals surface area (Å²) in [6, 6.07) is 3.33. The average molecular weight is 301 g/mol. The highest BCUT2D eigenvalue weighted by atomic mass is 79.9. The zero-order chi connectivity index (χ0) is 10.9. The van der Waals surface area contributed by atoms with Crippen LogP contribution in [-0.4, -0.2) is 13.3 Å². The van der Waals surface area contributed by atoms with E-state index in [-0.39, 0.29) is 15.1 Å². The minimum Gasteiger partial charge on any atom is -0.258 e. The van der Waals surface area contributed by atoms with Gasteiger partial charge in [0.2, 0.25) is 0 Å². The monoisotopic (exact) mass is 299 g/mol. The van der Waals surface area contributed by atoms with Gasteiger partial charge in [0.25, 0.3) is 14.7 Å². The van der Waals surface area contributed by atoms with Crippen LogP contribution in [0.5, 0.6) is 0 Å². The molecule has 0 radical (unpaired) electrons. The summed E-state index contributed by atoms with van der Waals surface area (Å²) in [6.07, 6.45) is 0. The second-order valence-corrected chi connectivity index (χ2v) is 5.73. The molecule has 0 aliphatic heterocycles. The van der Waals surface area contributed by atoms with Crippen molar-refractivity contribution in [3.05, 3.63) is 32.8 Å². The molecule has 0 fully saturated rings. The molecule has 5 nitrogen and oxygen atoms in total. The molecule has 1 aromatic rings. The van der Waals surface area contributed by atoms with E-state index in [1.165, 1.54) is 12.1 Å². The van der Waals surface area contributed by atoms with E-state index >= 15 is 0 Å². The van der Waals surface area contributed by atoms with Gasteiger partial charge in [0, 0.05) is 16.7 Å². The van der Waals surface area contributed by atoms with Crippen molar-refractivity contribution in [2.45, 2.75) is 4.90 Å². The molecule has 0 aromatic heterocycles. The smallest absolute Gasteiger partial charge is 0.258 e. The summed E-state index contributed by atoms with van der Waals surface area (Å²) in [5.41, 5.74) is -0.341. The van der Waals surface area contributed by atoms with E-state index in [0.29, 0.717) is 0 Å². The number of hydrogen-bond acceptors (Lipinski definition) is 4. The maximum Gasteiger partial charge on any atom is 0.284 e. The van der Waals surface area contributed by atoms with Gasteiger partial charge in [0.05, 0.1) is 14.3 Å². The van der Waals surface area contributed by atoms with Crippen molar-refractivity contribution >= 4 is 41.4 Å². The van der Waals surface area contributed by atoms with Crippen LogP contribution in [0.25, 0.3) is 0 Å². The van der Waals surface area contributed by atoms with E-state index in [4.69, 9.17) is 10.7 Å². The molecular formula is C6H3BrClNO4S. The largest absolute Gasteiger partial charge is 0.284 e. The molecule has 1 aromatic carbocycles. The van der Waals surface area contributed by atoms with Gasteiger partial charge in [-0.25, -0.2) is 8.42 Å². The standard InChI is InChI=1S/C6H3BrClNO4S/c7-5-2-1-4(14(8,12)13)3-6(5)9(10)11/h1-3H. The molecule has 0 aliphatic rings. The molecule has 0 saturated carbocycles. The van der Waals surface area contributed by atoms with Crippen LogP contribution in [0.2, 0.25) is 0 Å². The minimum absolute atomic E-state index is 0.201. The minimum atomic E-state index is -3.93. The Morgan fingerprint density at radius 3 is 2.43 bits per heavy atom. The van der Waals surface area contributed by atoms with Crippen molar-refractivity contribution < 1.29 is 13.3 Å². The Hall–Kier alpha value is -0.660. The van der Waals surface area contributed by atoms with Gasteiger partial charge in [-0.05, 0) is 28.1 Å². The predicted molar refractivity (Wildman–Crippen MR) is 53.8 cm³/mol. The molecule has 0 aliphatic carbocycles. The Morgan fingerprint density at radius 2 is 2.00 bits per heavy atom. The van der Waals surface area contributed by atoms with Crippen LogP contribution in [0.4, 0.5) is 5.69 Å². The number of halogens is 2. The SMILES string of the molecule is O=[N+]([O-])c1cc(S(=O)(=O)Cl)ccc1Br. The third-order valence-corrected chi connectivity index (χ3v) is 3.42. The molecule has 1 rings (SSSR count). The first-order chi connectivity index (χ1) is 6.32. The van der Waals surface area contributed by atoms with Gasteiger partial charge in [-0.1, -0.05) is 0 Å². The van der Waals surface area contributed by atoms with Gasteiger partial charge in [0.15, 0.2) is 0 Å². The molecule has 0 spiro atoms. The molecule has 76 valence electrons. The van der Waals surface area contributed by atoms with E-state index in [1.807, 2.05) is 0 Å². The Balaban J connectivity index is 3.42. The Labute approximate surface area is 92.4 Å². The van der Waals surface area contributed by atoms with Crippen LogP contribution < -0.4 is 0 Å². The Morgan fingerprint density at radius 1 is 1.43 bits per heavy atom. The molecule has 0 saturated heterocycles. The second kappa shape index (κ2) is 3.84. The van der Waals surface area contributed by atoms with Gasteiger partial charge in [-0.15, -0.1) is 0 Å². The van der Waals surface area contributed by atoms with Crippen molar-refractivity contribution in [1.82, 2.24) is 0 Å². The van der Waals surface area contributed by atoms with Crippen LogP contribution in [0.3, 0.4) is 0 Å². The summed E-state index contributed by atoms with van der Waals surface area (Å²) in [5, 5.41) is 10.4. The fourth-order valence-corrected chi connectivity index (χ4v) is 1.95. The average Bonchev–Trinajstić information content (AvgIpc) is 2.02. The lowest BCUT2D eigenvalue weighted by Crippen LogP contribution is -1.94. The number of nitrogens with zero attached hydrogens (tertiary/aromatic N) is 1. The third kappa shape index (κ3) is 2.43. The number of hydrogen-bond donors (Lipinski definition) is 0. The molecule has 14 heavy (non-hydrogen) atoms. The number of rotatable bonds is 2. The predicted octanol–water partition coefficient (Wildman–Crippen LogP) is 2.28. The van der Waals surface area contributed by atoms with Crippen LogP contribution in [0.15, 0.2) is 27.6 Å². The highest BCUT2D eigenvalue weighted by Gasteiger charge is 2.18. The maximum absolute atomic E-state index is 10.8. The van der Waals surface area contributed by atoms with Gasteiger partial charge < -0.3 is 0 Å². The lowest BCUT2D eigenvalue weighted by molar-refractivity contribution is -0.385. The summed E-state index contributed by atoms with van der Waals surface area (Å²) in [5.74, 6) is 0. The molecule has 0 heterocycles. The summed E-state index contributed by atoms with van der Waals surface area (Å²) in [7, 11) is 1.09. The highest BCUT2D eigenvalue weighted by molar-refractivity contribution is 9.10. The fourth-order valence-electron chi connectivity index (χ4n) is 0.784.